The molecule has 0 radical (unpaired) electrons. The Morgan fingerprint density at radius 2 is 2.31 bits per heavy atom. The van der Waals surface area contributed by atoms with Crippen molar-refractivity contribution in [3.05, 3.63) is 11.5 Å². The zero-order valence-electron chi connectivity index (χ0n) is 7.28. The maximum absolute atomic E-state index is 10.2. The van der Waals surface area contributed by atoms with Crippen LogP contribution in [0.25, 0.3) is 0 Å². The van der Waals surface area contributed by atoms with E-state index in [-0.39, 0.29) is 5.28 Å². The maximum atomic E-state index is 10.2. The van der Waals surface area contributed by atoms with Gasteiger partial charge in [-0.2, -0.15) is 4.98 Å². The topological polar surface area (TPSA) is 58.1 Å². The van der Waals surface area contributed by atoms with Gasteiger partial charge in [0.25, 0.3) is 0 Å². The second kappa shape index (κ2) is 4.04. The fraction of sp³-hybridized carbons (Fsp3) is 0.286. The van der Waals surface area contributed by atoms with E-state index in [1.165, 1.54) is 0 Å². The molecule has 0 atom stereocenters. The minimum Gasteiger partial charge on any atom is -0.373 e. The lowest BCUT2D eigenvalue weighted by atomic mass is 10.4. The summed E-state index contributed by atoms with van der Waals surface area (Å²) in [6.07, 6.45) is 2.09. The van der Waals surface area contributed by atoms with Crippen LogP contribution in [-0.2, 0) is 4.79 Å². The van der Waals surface area contributed by atoms with Gasteiger partial charge in [0, 0.05) is 14.1 Å². The predicted octanol–water partition coefficient (Wildman–Crippen LogP) is 0.764. The van der Waals surface area contributed by atoms with Crippen LogP contribution in [0.3, 0.4) is 0 Å². The van der Waals surface area contributed by atoms with E-state index in [1.54, 1.807) is 11.1 Å². The monoisotopic (exact) mass is 200 g/mol. The van der Waals surface area contributed by atoms with Gasteiger partial charge >= 0.3 is 0 Å². The standard InChI is InChI=1S/C7H9ClN4O/c1-12(2)5-3-9-7(8)11-6(5)10-4-13/h3-4H,1-2H3,(H,9,10,11,13). The van der Waals surface area contributed by atoms with E-state index in [0.717, 1.165) is 0 Å². The Labute approximate surface area is 80.7 Å². The fourth-order valence-electron chi connectivity index (χ4n) is 0.843. The normalized spacial score (nSPS) is 9.46. The third-order valence-corrected chi connectivity index (χ3v) is 1.60. The highest BCUT2D eigenvalue weighted by atomic mass is 35.5. The Morgan fingerprint density at radius 3 is 2.85 bits per heavy atom. The van der Waals surface area contributed by atoms with Gasteiger partial charge in [0.05, 0.1) is 11.9 Å². The summed E-state index contributed by atoms with van der Waals surface area (Å²) in [5, 5.41) is 2.55. The number of halogens is 1. The lowest BCUT2D eigenvalue weighted by Gasteiger charge is -2.14. The van der Waals surface area contributed by atoms with E-state index in [2.05, 4.69) is 15.3 Å². The molecule has 0 aliphatic rings. The van der Waals surface area contributed by atoms with E-state index < -0.39 is 0 Å². The predicted molar refractivity (Wildman–Crippen MR) is 51.1 cm³/mol. The number of hydrogen-bond donors (Lipinski definition) is 1. The zero-order chi connectivity index (χ0) is 9.84. The molecule has 0 fully saturated rings. The Kier molecular flexibility index (Phi) is 3.02. The highest BCUT2D eigenvalue weighted by molar-refractivity contribution is 6.28. The molecule has 0 saturated heterocycles. The Bertz CT molecular complexity index is 315. The molecule has 0 bridgehead atoms. The van der Waals surface area contributed by atoms with Crippen LogP contribution >= 0.6 is 11.6 Å². The van der Waals surface area contributed by atoms with Gasteiger partial charge in [-0.05, 0) is 11.6 Å². The van der Waals surface area contributed by atoms with Gasteiger partial charge in [-0.15, -0.1) is 0 Å². The molecule has 0 unspecified atom stereocenters. The van der Waals surface area contributed by atoms with Crippen LogP contribution < -0.4 is 10.2 Å². The molecule has 1 aromatic heterocycles. The summed E-state index contributed by atoms with van der Waals surface area (Å²) in [5.74, 6) is 0.403. The summed E-state index contributed by atoms with van der Waals surface area (Å²) in [6.45, 7) is 0. The molecule has 0 spiro atoms. The molecule has 0 aromatic carbocycles. The Hall–Kier alpha value is -1.36. The van der Waals surface area contributed by atoms with Crippen molar-refractivity contribution < 1.29 is 4.79 Å². The first-order chi connectivity index (χ1) is 6.15. The number of carbonyl (C=O) groups is 1. The molecule has 1 N–H and O–H groups in total. The zero-order valence-corrected chi connectivity index (χ0v) is 8.04. The summed E-state index contributed by atoms with van der Waals surface area (Å²) in [6, 6.07) is 0. The number of aromatic nitrogens is 2. The molecule has 0 aliphatic carbocycles. The summed E-state index contributed by atoms with van der Waals surface area (Å²) in [4.78, 5) is 19.7. The number of rotatable bonds is 3. The number of anilines is 2. The number of carbonyl (C=O) groups excluding carboxylic acids is 1. The first-order valence-electron chi connectivity index (χ1n) is 3.55. The van der Waals surface area contributed by atoms with Crippen molar-refractivity contribution in [3.63, 3.8) is 0 Å². The van der Waals surface area contributed by atoms with Crippen molar-refractivity contribution in [1.29, 1.82) is 0 Å². The summed E-state index contributed by atoms with van der Waals surface area (Å²) in [7, 11) is 3.64. The average Bonchev–Trinajstić information content (AvgIpc) is 2.04. The molecule has 1 rings (SSSR count). The van der Waals surface area contributed by atoms with Crippen LogP contribution in [0, 0.1) is 0 Å². The minimum atomic E-state index is 0.106. The highest BCUT2D eigenvalue weighted by Gasteiger charge is 2.06. The van der Waals surface area contributed by atoms with Crippen LogP contribution in [0.5, 0.6) is 0 Å². The second-order valence-corrected chi connectivity index (χ2v) is 2.87. The molecule has 1 heterocycles. The summed E-state index contributed by atoms with van der Waals surface area (Å²) < 4.78 is 0. The summed E-state index contributed by atoms with van der Waals surface area (Å²) in [5.41, 5.74) is 0.705. The number of hydrogen-bond acceptors (Lipinski definition) is 4. The lowest BCUT2D eigenvalue weighted by molar-refractivity contribution is -0.105. The van der Waals surface area contributed by atoms with Gasteiger partial charge in [-0.1, -0.05) is 0 Å². The van der Waals surface area contributed by atoms with E-state index in [9.17, 15) is 4.79 Å². The fourth-order valence-corrected chi connectivity index (χ4v) is 0.977. The van der Waals surface area contributed by atoms with Crippen molar-refractivity contribution in [2.24, 2.45) is 0 Å². The molecule has 0 aliphatic heterocycles. The van der Waals surface area contributed by atoms with E-state index >= 15 is 0 Å². The molecule has 70 valence electrons. The van der Waals surface area contributed by atoms with Gasteiger partial charge < -0.3 is 10.2 Å². The van der Waals surface area contributed by atoms with Crippen molar-refractivity contribution in [3.8, 4) is 0 Å². The van der Waals surface area contributed by atoms with E-state index in [0.29, 0.717) is 17.9 Å². The smallest absolute Gasteiger partial charge is 0.224 e. The van der Waals surface area contributed by atoms with E-state index in [1.807, 2.05) is 14.1 Å². The quantitative estimate of drug-likeness (QED) is 0.578. The van der Waals surface area contributed by atoms with Gasteiger partial charge in [0.1, 0.15) is 0 Å². The third-order valence-electron chi connectivity index (χ3n) is 1.42. The van der Waals surface area contributed by atoms with Gasteiger partial charge in [-0.25, -0.2) is 4.98 Å². The lowest BCUT2D eigenvalue weighted by Crippen LogP contribution is -2.13. The number of nitrogens with zero attached hydrogens (tertiary/aromatic N) is 3. The van der Waals surface area contributed by atoms with Crippen LogP contribution in [0.4, 0.5) is 11.5 Å². The minimum absolute atomic E-state index is 0.106. The molecule has 1 amide bonds. The molecular formula is C7H9ClN4O. The van der Waals surface area contributed by atoms with Gasteiger partial charge in [-0.3, -0.25) is 4.79 Å². The SMILES string of the molecule is CN(C)c1cnc(Cl)nc1NC=O. The summed E-state index contributed by atoms with van der Waals surface area (Å²) >= 11 is 5.56. The third kappa shape index (κ3) is 2.29. The molecule has 13 heavy (non-hydrogen) atoms. The molecule has 1 aromatic rings. The second-order valence-electron chi connectivity index (χ2n) is 2.53. The highest BCUT2D eigenvalue weighted by Crippen LogP contribution is 2.21. The molecule has 6 heteroatoms. The first kappa shape index (κ1) is 9.73. The molecular weight excluding hydrogens is 192 g/mol. The van der Waals surface area contributed by atoms with E-state index in [4.69, 9.17) is 11.6 Å². The average molecular weight is 201 g/mol. The Morgan fingerprint density at radius 1 is 1.62 bits per heavy atom. The van der Waals surface area contributed by atoms with Crippen LogP contribution in [0.1, 0.15) is 0 Å². The van der Waals surface area contributed by atoms with Gasteiger partial charge in [0.15, 0.2) is 5.82 Å². The largest absolute Gasteiger partial charge is 0.373 e. The molecule has 0 saturated carbocycles. The van der Waals surface area contributed by atoms with Crippen molar-refractivity contribution >= 4 is 29.5 Å². The number of amides is 1. The van der Waals surface area contributed by atoms with Gasteiger partial charge in [0.2, 0.25) is 11.7 Å². The molecule has 5 nitrogen and oxygen atoms in total. The Balaban J connectivity index is 3.10. The van der Waals surface area contributed by atoms with Crippen molar-refractivity contribution in [2.75, 3.05) is 24.3 Å². The van der Waals surface area contributed by atoms with Crippen LogP contribution in [-0.4, -0.2) is 30.5 Å². The maximum Gasteiger partial charge on any atom is 0.224 e. The van der Waals surface area contributed by atoms with Crippen LogP contribution in [0.2, 0.25) is 5.28 Å². The first-order valence-corrected chi connectivity index (χ1v) is 3.93. The van der Waals surface area contributed by atoms with Crippen LogP contribution in [0.15, 0.2) is 6.20 Å². The van der Waals surface area contributed by atoms with Crippen molar-refractivity contribution in [1.82, 2.24) is 9.97 Å². The van der Waals surface area contributed by atoms with Crippen molar-refractivity contribution in [2.45, 2.75) is 0 Å². The number of nitrogens with one attached hydrogen (secondary N) is 1.